The summed E-state index contributed by atoms with van der Waals surface area (Å²) < 4.78 is 6.04. The van der Waals surface area contributed by atoms with Crippen LogP contribution in [-0.4, -0.2) is 21.7 Å². The number of carbonyl (C=O) groups is 1. The molecule has 0 saturated carbocycles. The number of fused-ring (bicyclic) bond motifs is 4. The van der Waals surface area contributed by atoms with Crippen LogP contribution in [0.15, 0.2) is 42.5 Å². The van der Waals surface area contributed by atoms with Crippen LogP contribution in [0, 0.1) is 16.0 Å². The van der Waals surface area contributed by atoms with E-state index in [1.54, 1.807) is 31.2 Å². The Labute approximate surface area is 170 Å². The van der Waals surface area contributed by atoms with Crippen LogP contribution in [0.4, 0.5) is 11.4 Å². The van der Waals surface area contributed by atoms with E-state index in [1.807, 2.05) is 0 Å². The first-order chi connectivity index (χ1) is 13.3. The number of amides is 1. The zero-order valence-corrected chi connectivity index (χ0v) is 16.1. The van der Waals surface area contributed by atoms with Crippen molar-refractivity contribution in [2.75, 3.05) is 5.32 Å². The minimum atomic E-state index is -1.12. The number of anilines is 1. The lowest BCUT2D eigenvalue weighted by Gasteiger charge is -2.50. The average Bonchev–Trinajstić information content (AvgIpc) is 2.62. The fraction of sp³-hybridized carbons (Fsp3) is 0.222. The Morgan fingerprint density at radius 3 is 2.71 bits per heavy atom. The molecule has 8 nitrogen and oxygen atoms in total. The largest absolute Gasteiger partial charge is 0.467 e. The molecule has 2 aliphatic rings. The molecule has 1 saturated heterocycles. The zero-order chi connectivity index (χ0) is 20.1. The molecular weight excluding hydrogens is 404 g/mol. The summed E-state index contributed by atoms with van der Waals surface area (Å²) >= 11 is 11.1. The lowest BCUT2D eigenvalue weighted by atomic mass is 9.79. The first kappa shape index (κ1) is 18.5. The number of nitro benzene ring substituents is 1. The van der Waals surface area contributed by atoms with Crippen molar-refractivity contribution in [1.29, 1.82) is 0 Å². The number of rotatable bonds is 3. The number of hydrogen-bond acceptors (Lipinski definition) is 5. The van der Waals surface area contributed by atoms with Crippen molar-refractivity contribution in [2.24, 2.45) is 5.92 Å². The standard InChI is InChI=1S/C18H15ClN4O4S/c1-18-14(16(24)20-10-4-2-9(19)3-5-10)15(21-17(28)22-18)12-8-11(23(25)26)6-7-13(12)27-18/h2-8,14-15H,1H3,(H,20,24)(H2,21,22,28)/t14-,15-,18+/m0/s1. The van der Waals surface area contributed by atoms with Gasteiger partial charge in [-0.25, -0.2) is 0 Å². The van der Waals surface area contributed by atoms with Crippen molar-refractivity contribution in [3.8, 4) is 5.75 Å². The number of nitrogens with one attached hydrogen (secondary N) is 3. The summed E-state index contributed by atoms with van der Waals surface area (Å²) in [6.45, 7) is 1.73. The summed E-state index contributed by atoms with van der Waals surface area (Å²) in [7, 11) is 0. The second kappa shape index (κ2) is 6.61. The lowest BCUT2D eigenvalue weighted by Crippen LogP contribution is -2.70. The van der Waals surface area contributed by atoms with E-state index in [0.29, 0.717) is 27.1 Å². The highest BCUT2D eigenvalue weighted by molar-refractivity contribution is 7.80. The molecule has 28 heavy (non-hydrogen) atoms. The molecule has 0 aliphatic carbocycles. The quantitative estimate of drug-likeness (QED) is 0.399. The number of ether oxygens (including phenoxy) is 1. The van der Waals surface area contributed by atoms with Crippen molar-refractivity contribution in [2.45, 2.75) is 18.7 Å². The third-order valence-corrected chi connectivity index (χ3v) is 5.30. The maximum Gasteiger partial charge on any atom is 0.270 e. The molecule has 4 rings (SSSR count). The summed E-state index contributed by atoms with van der Waals surface area (Å²) in [5.74, 6) is -0.616. The van der Waals surface area contributed by atoms with E-state index in [1.165, 1.54) is 18.2 Å². The number of benzene rings is 2. The zero-order valence-electron chi connectivity index (χ0n) is 14.6. The molecule has 1 amide bonds. The highest BCUT2D eigenvalue weighted by Crippen LogP contribution is 2.46. The first-order valence-electron chi connectivity index (χ1n) is 8.39. The molecule has 2 heterocycles. The predicted molar refractivity (Wildman–Crippen MR) is 107 cm³/mol. The van der Waals surface area contributed by atoms with Gasteiger partial charge in [0, 0.05) is 28.4 Å². The van der Waals surface area contributed by atoms with Gasteiger partial charge in [-0.15, -0.1) is 0 Å². The summed E-state index contributed by atoms with van der Waals surface area (Å²) in [5.41, 5.74) is -0.128. The van der Waals surface area contributed by atoms with Crippen molar-refractivity contribution >= 4 is 46.2 Å². The van der Waals surface area contributed by atoms with E-state index in [4.69, 9.17) is 28.6 Å². The van der Waals surface area contributed by atoms with Gasteiger partial charge < -0.3 is 20.7 Å². The third-order valence-electron chi connectivity index (χ3n) is 4.83. The van der Waals surface area contributed by atoms with Crippen LogP contribution in [0.3, 0.4) is 0 Å². The summed E-state index contributed by atoms with van der Waals surface area (Å²) in [5, 5.41) is 21.0. The smallest absolute Gasteiger partial charge is 0.270 e. The molecule has 0 spiro atoms. The van der Waals surface area contributed by atoms with Crippen molar-refractivity contribution < 1.29 is 14.5 Å². The fourth-order valence-electron chi connectivity index (χ4n) is 3.60. The summed E-state index contributed by atoms with van der Waals surface area (Å²) in [6, 6.07) is 10.4. The highest BCUT2D eigenvalue weighted by Gasteiger charge is 2.55. The first-order valence-corrected chi connectivity index (χ1v) is 9.18. The molecule has 1 fully saturated rings. The average molecular weight is 419 g/mol. The SMILES string of the molecule is C[C@@]12NC(=S)N[C@@H](c3cc([N+](=O)[O-])ccc3O1)[C@H]2C(=O)Nc1ccc(Cl)cc1. The van der Waals surface area contributed by atoms with Gasteiger partial charge in [-0.2, -0.15) is 0 Å². The summed E-state index contributed by atoms with van der Waals surface area (Å²) in [4.78, 5) is 23.8. The normalized spacial score (nSPS) is 24.9. The van der Waals surface area contributed by atoms with Gasteiger partial charge in [-0.1, -0.05) is 11.6 Å². The van der Waals surface area contributed by atoms with Crippen LogP contribution in [0.2, 0.25) is 5.02 Å². The molecule has 3 atom stereocenters. The Morgan fingerprint density at radius 1 is 1.32 bits per heavy atom. The molecule has 144 valence electrons. The fourth-order valence-corrected chi connectivity index (χ4v) is 4.05. The van der Waals surface area contributed by atoms with E-state index in [9.17, 15) is 14.9 Å². The van der Waals surface area contributed by atoms with Gasteiger partial charge in [0.05, 0.1) is 11.0 Å². The van der Waals surface area contributed by atoms with Crippen LogP contribution in [0.1, 0.15) is 18.5 Å². The topological polar surface area (TPSA) is 106 Å². The number of hydrogen-bond donors (Lipinski definition) is 3. The number of nitrogens with zero attached hydrogens (tertiary/aromatic N) is 1. The Kier molecular flexibility index (Phi) is 4.35. The van der Waals surface area contributed by atoms with E-state index < -0.39 is 22.6 Å². The van der Waals surface area contributed by atoms with Gasteiger partial charge in [0.2, 0.25) is 5.91 Å². The van der Waals surface area contributed by atoms with Gasteiger partial charge in [0.15, 0.2) is 10.8 Å². The molecule has 3 N–H and O–H groups in total. The van der Waals surface area contributed by atoms with E-state index in [2.05, 4.69) is 16.0 Å². The van der Waals surface area contributed by atoms with Gasteiger partial charge >= 0.3 is 0 Å². The monoisotopic (exact) mass is 418 g/mol. The van der Waals surface area contributed by atoms with E-state index in [0.717, 1.165) is 0 Å². The molecule has 10 heteroatoms. The third kappa shape index (κ3) is 3.12. The lowest BCUT2D eigenvalue weighted by molar-refractivity contribution is -0.385. The Hall–Kier alpha value is -2.91. The van der Waals surface area contributed by atoms with E-state index in [-0.39, 0.29) is 11.6 Å². The van der Waals surface area contributed by atoms with Crippen LogP contribution in [0.25, 0.3) is 0 Å². The minimum Gasteiger partial charge on any atom is -0.467 e. The van der Waals surface area contributed by atoms with Crippen LogP contribution >= 0.6 is 23.8 Å². The van der Waals surface area contributed by atoms with Gasteiger partial charge in [0.25, 0.3) is 5.69 Å². The summed E-state index contributed by atoms with van der Waals surface area (Å²) in [6.07, 6.45) is 0. The highest BCUT2D eigenvalue weighted by atomic mass is 35.5. The molecule has 0 aromatic heterocycles. The van der Waals surface area contributed by atoms with Crippen LogP contribution in [0.5, 0.6) is 5.75 Å². The molecule has 2 aromatic carbocycles. The number of thiocarbonyl (C=S) groups is 1. The van der Waals surface area contributed by atoms with Crippen LogP contribution < -0.4 is 20.7 Å². The van der Waals surface area contributed by atoms with Gasteiger partial charge in [-0.3, -0.25) is 14.9 Å². The van der Waals surface area contributed by atoms with Crippen molar-refractivity contribution in [3.05, 3.63) is 63.2 Å². The van der Waals surface area contributed by atoms with Gasteiger partial charge in [0.1, 0.15) is 11.7 Å². The number of non-ortho nitro benzene ring substituents is 1. The second-order valence-corrected chi connectivity index (χ2v) is 7.58. The van der Waals surface area contributed by atoms with E-state index >= 15 is 0 Å². The van der Waals surface area contributed by atoms with Crippen molar-refractivity contribution in [3.63, 3.8) is 0 Å². The molecule has 0 radical (unpaired) electrons. The Balaban J connectivity index is 1.73. The minimum absolute atomic E-state index is 0.0888. The number of nitro groups is 1. The molecule has 2 aliphatic heterocycles. The molecule has 2 bridgehead atoms. The Bertz CT molecular complexity index is 1000. The predicted octanol–water partition coefficient (Wildman–Crippen LogP) is 3.13. The molecule has 2 aromatic rings. The van der Waals surface area contributed by atoms with Crippen molar-refractivity contribution in [1.82, 2.24) is 10.6 Å². The van der Waals surface area contributed by atoms with Crippen LogP contribution in [-0.2, 0) is 4.79 Å². The van der Waals surface area contributed by atoms with Gasteiger partial charge in [-0.05, 0) is 49.5 Å². The molecule has 0 unspecified atom stereocenters. The number of carbonyl (C=O) groups excluding carboxylic acids is 1. The molecular formula is C18H15ClN4O4S. The number of halogens is 1. The maximum atomic E-state index is 13.1. The maximum absolute atomic E-state index is 13.1. The Morgan fingerprint density at radius 2 is 2.04 bits per heavy atom. The second-order valence-electron chi connectivity index (χ2n) is 6.74.